The molecule has 0 aromatic heterocycles. The van der Waals surface area contributed by atoms with E-state index in [-0.39, 0.29) is 23.0 Å². The molecule has 0 heterocycles. The average Bonchev–Trinajstić information content (AvgIpc) is 2.54. The summed E-state index contributed by atoms with van der Waals surface area (Å²) in [5.41, 5.74) is 1.17. The molecule has 1 atom stereocenters. The van der Waals surface area contributed by atoms with Crippen LogP contribution in [0.25, 0.3) is 0 Å². The van der Waals surface area contributed by atoms with Gasteiger partial charge >= 0.3 is 0 Å². The van der Waals surface area contributed by atoms with E-state index in [1.165, 1.54) is 17.7 Å². The van der Waals surface area contributed by atoms with Gasteiger partial charge in [0.15, 0.2) is 9.84 Å². The Labute approximate surface area is 131 Å². The van der Waals surface area contributed by atoms with Gasteiger partial charge in [0.05, 0.1) is 4.90 Å². The maximum Gasteiger partial charge on any atom is 0.185 e. The van der Waals surface area contributed by atoms with Gasteiger partial charge in [-0.05, 0) is 30.0 Å². The van der Waals surface area contributed by atoms with Gasteiger partial charge < -0.3 is 0 Å². The molecule has 0 N–H and O–H groups in total. The van der Waals surface area contributed by atoms with Crippen molar-refractivity contribution in [3.05, 3.63) is 66.2 Å². The fourth-order valence-corrected chi connectivity index (χ4v) is 3.63. The van der Waals surface area contributed by atoms with Gasteiger partial charge in [-0.2, -0.15) is 0 Å². The standard InChI is InChI=1S/C18H20O3S/c1-15(16-8-4-2-5-9-16)12-13-17(19)14-22(20,21)18-10-6-3-7-11-18/h2-11,15H,12-14H2,1H3. The largest absolute Gasteiger partial charge is 0.299 e. The van der Waals surface area contributed by atoms with E-state index in [2.05, 4.69) is 0 Å². The second-order valence-corrected chi connectivity index (χ2v) is 7.45. The molecule has 2 rings (SSSR count). The zero-order chi connectivity index (χ0) is 16.0. The van der Waals surface area contributed by atoms with Crippen molar-refractivity contribution in [3.63, 3.8) is 0 Å². The fourth-order valence-electron chi connectivity index (χ4n) is 2.32. The Bertz CT molecular complexity index is 707. The molecule has 3 nitrogen and oxygen atoms in total. The van der Waals surface area contributed by atoms with Crippen molar-refractivity contribution < 1.29 is 13.2 Å². The Balaban J connectivity index is 1.91. The van der Waals surface area contributed by atoms with Crippen LogP contribution >= 0.6 is 0 Å². The van der Waals surface area contributed by atoms with Gasteiger partial charge in [0, 0.05) is 6.42 Å². The molecule has 0 aliphatic carbocycles. The molecule has 0 saturated carbocycles. The van der Waals surface area contributed by atoms with Crippen LogP contribution in [0.1, 0.15) is 31.2 Å². The van der Waals surface area contributed by atoms with Crippen LogP contribution in [0.2, 0.25) is 0 Å². The predicted octanol–water partition coefficient (Wildman–Crippen LogP) is 3.61. The summed E-state index contributed by atoms with van der Waals surface area (Å²) in [5, 5.41) is 0. The number of carbonyl (C=O) groups excluding carboxylic acids is 1. The van der Waals surface area contributed by atoms with E-state index < -0.39 is 15.6 Å². The molecule has 1 unspecified atom stereocenters. The van der Waals surface area contributed by atoms with Gasteiger partial charge in [-0.25, -0.2) is 8.42 Å². The summed E-state index contributed by atoms with van der Waals surface area (Å²) in [7, 11) is -3.52. The van der Waals surface area contributed by atoms with Crippen molar-refractivity contribution in [2.45, 2.75) is 30.6 Å². The Hall–Kier alpha value is -1.94. The Morgan fingerprint density at radius 2 is 1.50 bits per heavy atom. The second-order valence-electron chi connectivity index (χ2n) is 5.46. The highest BCUT2D eigenvalue weighted by Crippen LogP contribution is 2.20. The van der Waals surface area contributed by atoms with Crippen LogP contribution in [0.5, 0.6) is 0 Å². The van der Waals surface area contributed by atoms with Gasteiger partial charge in [-0.3, -0.25) is 4.79 Å². The third kappa shape index (κ3) is 4.53. The molecule has 4 heteroatoms. The van der Waals surface area contributed by atoms with E-state index >= 15 is 0 Å². The minimum atomic E-state index is -3.52. The van der Waals surface area contributed by atoms with Crippen LogP contribution in [-0.2, 0) is 14.6 Å². The highest BCUT2D eigenvalue weighted by molar-refractivity contribution is 7.92. The number of sulfone groups is 1. The van der Waals surface area contributed by atoms with Crippen LogP contribution in [0.15, 0.2) is 65.6 Å². The van der Waals surface area contributed by atoms with Gasteiger partial charge in [-0.1, -0.05) is 55.5 Å². The van der Waals surface area contributed by atoms with E-state index in [1.54, 1.807) is 18.2 Å². The third-order valence-electron chi connectivity index (χ3n) is 3.68. The van der Waals surface area contributed by atoms with Crippen molar-refractivity contribution in [2.24, 2.45) is 0 Å². The summed E-state index contributed by atoms with van der Waals surface area (Å²) >= 11 is 0. The molecule has 0 spiro atoms. The van der Waals surface area contributed by atoms with Crippen molar-refractivity contribution >= 4 is 15.6 Å². The summed E-state index contributed by atoms with van der Waals surface area (Å²) in [6.45, 7) is 2.05. The van der Waals surface area contributed by atoms with E-state index in [1.807, 2.05) is 37.3 Å². The molecule has 0 fully saturated rings. The monoisotopic (exact) mass is 316 g/mol. The third-order valence-corrected chi connectivity index (χ3v) is 5.37. The maximum atomic E-state index is 12.1. The second kappa shape index (κ2) is 7.36. The van der Waals surface area contributed by atoms with Crippen LogP contribution in [0, 0.1) is 0 Å². The molecule has 0 saturated heterocycles. The first-order chi connectivity index (χ1) is 10.5. The van der Waals surface area contributed by atoms with E-state index in [0.29, 0.717) is 6.42 Å². The average molecular weight is 316 g/mol. The lowest BCUT2D eigenvalue weighted by Crippen LogP contribution is -2.16. The molecular weight excluding hydrogens is 296 g/mol. The first-order valence-electron chi connectivity index (χ1n) is 7.33. The Kier molecular flexibility index (Phi) is 5.50. The van der Waals surface area contributed by atoms with Crippen LogP contribution < -0.4 is 0 Å². The lowest BCUT2D eigenvalue weighted by Gasteiger charge is -2.11. The number of Topliss-reactive ketones (excluding diaryl/α,β-unsaturated/α-hetero) is 1. The minimum Gasteiger partial charge on any atom is -0.299 e. The summed E-state index contributed by atoms with van der Waals surface area (Å²) in [5.74, 6) is -0.408. The van der Waals surface area contributed by atoms with Gasteiger partial charge in [0.2, 0.25) is 0 Å². The van der Waals surface area contributed by atoms with Crippen molar-refractivity contribution in [3.8, 4) is 0 Å². The SMILES string of the molecule is CC(CCC(=O)CS(=O)(=O)c1ccccc1)c1ccccc1. The lowest BCUT2D eigenvalue weighted by molar-refractivity contribution is -0.116. The molecule has 22 heavy (non-hydrogen) atoms. The normalized spacial score (nSPS) is 12.8. The van der Waals surface area contributed by atoms with E-state index in [0.717, 1.165) is 0 Å². The molecule has 2 aromatic rings. The summed E-state index contributed by atoms with van der Waals surface area (Å²) in [6, 6.07) is 18.1. The first-order valence-corrected chi connectivity index (χ1v) is 8.99. The summed E-state index contributed by atoms with van der Waals surface area (Å²) in [4.78, 5) is 12.2. The number of carbonyl (C=O) groups is 1. The first kappa shape index (κ1) is 16.4. The van der Waals surface area contributed by atoms with Crippen molar-refractivity contribution in [1.82, 2.24) is 0 Å². The molecular formula is C18H20O3S. The number of rotatable bonds is 7. The van der Waals surface area contributed by atoms with Crippen LogP contribution in [0.4, 0.5) is 0 Å². The highest BCUT2D eigenvalue weighted by atomic mass is 32.2. The number of ketones is 1. The Morgan fingerprint density at radius 3 is 2.09 bits per heavy atom. The lowest BCUT2D eigenvalue weighted by atomic mass is 9.95. The number of benzene rings is 2. The quantitative estimate of drug-likeness (QED) is 0.784. The van der Waals surface area contributed by atoms with Crippen LogP contribution in [0.3, 0.4) is 0 Å². The maximum absolute atomic E-state index is 12.1. The summed E-state index contributed by atoms with van der Waals surface area (Å²) in [6.07, 6.45) is 0.940. The summed E-state index contributed by atoms with van der Waals surface area (Å²) < 4.78 is 24.3. The van der Waals surface area contributed by atoms with Gasteiger partial charge in [-0.15, -0.1) is 0 Å². The smallest absolute Gasteiger partial charge is 0.185 e. The fraction of sp³-hybridized carbons (Fsp3) is 0.278. The Morgan fingerprint density at radius 1 is 0.955 bits per heavy atom. The number of hydrogen-bond donors (Lipinski definition) is 0. The minimum absolute atomic E-state index is 0.208. The molecule has 0 aliphatic rings. The van der Waals surface area contributed by atoms with Gasteiger partial charge in [0.1, 0.15) is 11.5 Å². The van der Waals surface area contributed by atoms with E-state index in [4.69, 9.17) is 0 Å². The van der Waals surface area contributed by atoms with Crippen LogP contribution in [-0.4, -0.2) is 20.0 Å². The molecule has 116 valence electrons. The van der Waals surface area contributed by atoms with Gasteiger partial charge in [0.25, 0.3) is 0 Å². The molecule has 2 aromatic carbocycles. The number of hydrogen-bond acceptors (Lipinski definition) is 3. The van der Waals surface area contributed by atoms with Crippen molar-refractivity contribution in [2.75, 3.05) is 5.75 Å². The zero-order valence-corrected chi connectivity index (χ0v) is 13.4. The molecule has 0 bridgehead atoms. The highest BCUT2D eigenvalue weighted by Gasteiger charge is 2.19. The zero-order valence-electron chi connectivity index (χ0n) is 12.6. The predicted molar refractivity (Wildman–Crippen MR) is 87.6 cm³/mol. The van der Waals surface area contributed by atoms with E-state index in [9.17, 15) is 13.2 Å². The topological polar surface area (TPSA) is 51.2 Å². The molecule has 0 amide bonds. The molecule has 0 aliphatic heterocycles. The van der Waals surface area contributed by atoms with Crippen molar-refractivity contribution in [1.29, 1.82) is 0 Å². The molecule has 0 radical (unpaired) electrons.